The Morgan fingerprint density at radius 2 is 1.94 bits per heavy atom. The van der Waals surface area contributed by atoms with Gasteiger partial charge in [-0.15, -0.1) is 0 Å². The van der Waals surface area contributed by atoms with Crippen LogP contribution in [0, 0.1) is 0 Å². The van der Waals surface area contributed by atoms with Crippen molar-refractivity contribution in [2.24, 2.45) is 0 Å². The molecule has 0 aliphatic rings. The normalized spacial score (nSPS) is 17.1. The maximum absolute atomic E-state index is 5.16. The van der Waals surface area contributed by atoms with Crippen molar-refractivity contribution in [1.82, 2.24) is 10.2 Å². The van der Waals surface area contributed by atoms with Gasteiger partial charge in [0.2, 0.25) is 0 Å². The standard InChI is InChI=1S/C14H32N2O/c1-7-11-15-13(10-9-12-17-6)14(3,8-2)16(4)5/h13,15H,7-12H2,1-6H3. The lowest BCUT2D eigenvalue weighted by Crippen LogP contribution is -2.57. The highest BCUT2D eigenvalue weighted by atomic mass is 16.5. The van der Waals surface area contributed by atoms with E-state index in [1.165, 1.54) is 12.8 Å². The molecule has 2 atom stereocenters. The van der Waals surface area contributed by atoms with E-state index in [-0.39, 0.29) is 5.54 Å². The van der Waals surface area contributed by atoms with Gasteiger partial charge in [-0.3, -0.25) is 0 Å². The molecule has 3 nitrogen and oxygen atoms in total. The van der Waals surface area contributed by atoms with E-state index >= 15 is 0 Å². The summed E-state index contributed by atoms with van der Waals surface area (Å²) in [5.41, 5.74) is 0.225. The van der Waals surface area contributed by atoms with E-state index in [2.05, 4.69) is 45.1 Å². The molecule has 0 aliphatic carbocycles. The Labute approximate surface area is 108 Å². The summed E-state index contributed by atoms with van der Waals surface area (Å²) in [6, 6.07) is 0.539. The summed E-state index contributed by atoms with van der Waals surface area (Å²) in [7, 11) is 6.14. The molecule has 0 aliphatic heterocycles. The van der Waals surface area contributed by atoms with Crippen molar-refractivity contribution in [2.75, 3.05) is 34.4 Å². The third-order valence-electron chi connectivity index (χ3n) is 3.97. The molecule has 2 unspecified atom stereocenters. The van der Waals surface area contributed by atoms with Crippen molar-refractivity contribution < 1.29 is 4.74 Å². The van der Waals surface area contributed by atoms with Crippen molar-refractivity contribution in [3.05, 3.63) is 0 Å². The van der Waals surface area contributed by atoms with E-state index in [0.29, 0.717) is 6.04 Å². The Balaban J connectivity index is 4.50. The van der Waals surface area contributed by atoms with Gasteiger partial charge in [-0.05, 0) is 53.2 Å². The quantitative estimate of drug-likeness (QED) is 0.598. The molecule has 0 spiro atoms. The molecule has 0 amide bonds. The average molecular weight is 244 g/mol. The molecule has 1 N–H and O–H groups in total. The lowest BCUT2D eigenvalue weighted by molar-refractivity contribution is 0.0993. The molecule has 0 aromatic carbocycles. The minimum atomic E-state index is 0.225. The van der Waals surface area contributed by atoms with Gasteiger partial charge in [0.25, 0.3) is 0 Å². The van der Waals surface area contributed by atoms with Crippen LogP contribution < -0.4 is 5.32 Å². The maximum Gasteiger partial charge on any atom is 0.0462 e. The minimum absolute atomic E-state index is 0.225. The third-order valence-corrected chi connectivity index (χ3v) is 3.97. The second-order valence-corrected chi connectivity index (χ2v) is 5.25. The monoisotopic (exact) mass is 244 g/mol. The smallest absolute Gasteiger partial charge is 0.0462 e. The zero-order chi connectivity index (χ0) is 13.3. The topological polar surface area (TPSA) is 24.5 Å². The van der Waals surface area contributed by atoms with E-state index in [0.717, 1.165) is 26.0 Å². The number of nitrogens with one attached hydrogen (secondary N) is 1. The van der Waals surface area contributed by atoms with E-state index in [1.807, 2.05) is 0 Å². The Bertz CT molecular complexity index is 185. The van der Waals surface area contributed by atoms with Gasteiger partial charge in [0.1, 0.15) is 0 Å². The van der Waals surface area contributed by atoms with Gasteiger partial charge in [-0.2, -0.15) is 0 Å². The molecule has 0 bridgehead atoms. The number of nitrogens with zero attached hydrogens (tertiary/aromatic N) is 1. The van der Waals surface area contributed by atoms with Crippen LogP contribution in [0.1, 0.15) is 46.5 Å². The fraction of sp³-hybridized carbons (Fsp3) is 1.00. The molecular weight excluding hydrogens is 212 g/mol. The highest BCUT2D eigenvalue weighted by Gasteiger charge is 2.33. The van der Waals surface area contributed by atoms with Crippen LogP contribution in [0.4, 0.5) is 0 Å². The Hall–Kier alpha value is -0.120. The van der Waals surface area contributed by atoms with Gasteiger partial charge in [0.05, 0.1) is 0 Å². The highest BCUT2D eigenvalue weighted by Crippen LogP contribution is 2.24. The summed E-state index contributed by atoms with van der Waals surface area (Å²) in [6.07, 6.45) is 4.65. The fourth-order valence-electron chi connectivity index (χ4n) is 2.26. The number of rotatable bonds is 10. The van der Waals surface area contributed by atoms with E-state index in [9.17, 15) is 0 Å². The van der Waals surface area contributed by atoms with E-state index in [4.69, 9.17) is 4.74 Å². The molecule has 104 valence electrons. The van der Waals surface area contributed by atoms with Crippen LogP contribution >= 0.6 is 0 Å². The van der Waals surface area contributed by atoms with Crippen LogP contribution in [0.15, 0.2) is 0 Å². The Kier molecular flexibility index (Phi) is 8.83. The van der Waals surface area contributed by atoms with Crippen LogP contribution in [0.2, 0.25) is 0 Å². The molecular formula is C14H32N2O. The van der Waals surface area contributed by atoms with Gasteiger partial charge in [0, 0.05) is 25.3 Å². The maximum atomic E-state index is 5.16. The molecule has 3 heteroatoms. The Morgan fingerprint density at radius 1 is 1.29 bits per heavy atom. The first kappa shape index (κ1) is 16.9. The largest absolute Gasteiger partial charge is 0.385 e. The molecule has 0 aromatic rings. The summed E-state index contributed by atoms with van der Waals surface area (Å²) in [6.45, 7) is 8.81. The zero-order valence-corrected chi connectivity index (χ0v) is 12.7. The summed E-state index contributed by atoms with van der Waals surface area (Å²) in [5.74, 6) is 0. The van der Waals surface area contributed by atoms with Gasteiger partial charge < -0.3 is 15.0 Å². The van der Waals surface area contributed by atoms with Crippen LogP contribution in [-0.2, 0) is 4.74 Å². The molecule has 0 radical (unpaired) electrons. The zero-order valence-electron chi connectivity index (χ0n) is 12.7. The molecule has 17 heavy (non-hydrogen) atoms. The lowest BCUT2D eigenvalue weighted by Gasteiger charge is -2.43. The van der Waals surface area contributed by atoms with Crippen molar-refractivity contribution in [1.29, 1.82) is 0 Å². The predicted molar refractivity (Wildman–Crippen MR) is 75.6 cm³/mol. The van der Waals surface area contributed by atoms with Crippen molar-refractivity contribution in [2.45, 2.75) is 58.0 Å². The van der Waals surface area contributed by atoms with Crippen LogP contribution in [0.5, 0.6) is 0 Å². The third kappa shape index (κ3) is 5.36. The molecule has 0 heterocycles. The van der Waals surface area contributed by atoms with Crippen molar-refractivity contribution >= 4 is 0 Å². The van der Waals surface area contributed by atoms with Crippen LogP contribution in [0.3, 0.4) is 0 Å². The second-order valence-electron chi connectivity index (χ2n) is 5.25. The molecule has 0 saturated carbocycles. The number of ether oxygens (including phenoxy) is 1. The summed E-state index contributed by atoms with van der Waals surface area (Å²) < 4.78 is 5.16. The molecule has 0 saturated heterocycles. The number of hydrogen-bond acceptors (Lipinski definition) is 3. The fourth-order valence-corrected chi connectivity index (χ4v) is 2.26. The summed E-state index contributed by atoms with van der Waals surface area (Å²) >= 11 is 0. The highest BCUT2D eigenvalue weighted by molar-refractivity contribution is 4.94. The van der Waals surface area contributed by atoms with Crippen molar-refractivity contribution in [3.8, 4) is 0 Å². The first-order valence-corrected chi connectivity index (χ1v) is 6.92. The first-order valence-electron chi connectivity index (χ1n) is 6.92. The van der Waals surface area contributed by atoms with Gasteiger partial charge in [0.15, 0.2) is 0 Å². The van der Waals surface area contributed by atoms with E-state index < -0.39 is 0 Å². The average Bonchev–Trinajstić information content (AvgIpc) is 2.32. The van der Waals surface area contributed by atoms with Gasteiger partial charge >= 0.3 is 0 Å². The first-order chi connectivity index (χ1) is 8.02. The van der Waals surface area contributed by atoms with E-state index in [1.54, 1.807) is 7.11 Å². The van der Waals surface area contributed by atoms with Crippen LogP contribution in [-0.4, -0.2) is 50.8 Å². The molecule has 0 fully saturated rings. The Morgan fingerprint density at radius 3 is 2.35 bits per heavy atom. The molecule has 0 rings (SSSR count). The van der Waals surface area contributed by atoms with Gasteiger partial charge in [-0.1, -0.05) is 13.8 Å². The minimum Gasteiger partial charge on any atom is -0.385 e. The second kappa shape index (κ2) is 8.90. The SMILES string of the molecule is CCCNC(CCCOC)C(C)(CC)N(C)C. The van der Waals surface area contributed by atoms with Gasteiger partial charge in [-0.25, -0.2) is 0 Å². The summed E-state index contributed by atoms with van der Waals surface area (Å²) in [4.78, 5) is 2.35. The lowest BCUT2D eigenvalue weighted by atomic mass is 9.85. The van der Waals surface area contributed by atoms with Crippen molar-refractivity contribution in [3.63, 3.8) is 0 Å². The number of methoxy groups -OCH3 is 1. The number of hydrogen-bond donors (Lipinski definition) is 1. The molecule has 0 aromatic heterocycles. The predicted octanol–water partition coefficient (Wildman–Crippen LogP) is 2.51. The van der Waals surface area contributed by atoms with Crippen LogP contribution in [0.25, 0.3) is 0 Å². The number of likely N-dealkylation sites (N-methyl/N-ethyl adjacent to an activating group) is 1. The summed E-state index contributed by atoms with van der Waals surface area (Å²) in [5, 5.41) is 3.70.